The summed E-state index contributed by atoms with van der Waals surface area (Å²) in [6, 6.07) is 10.8. The first kappa shape index (κ1) is 16.9. The number of methoxy groups -OCH3 is 1. The van der Waals surface area contributed by atoms with Crippen molar-refractivity contribution in [2.24, 2.45) is 0 Å². The molecule has 2 aromatic rings. The predicted molar refractivity (Wildman–Crippen MR) is 94.7 cm³/mol. The maximum absolute atomic E-state index is 12.8. The minimum atomic E-state index is -0.197. The summed E-state index contributed by atoms with van der Waals surface area (Å²) in [7, 11) is 1.61. The standard InChI is InChI=1S/C20H20O5/c1-4-23-15-11-16(24-5-2)19-17(12-15)25-18(20(19)21)10-13-6-8-14(22-3)9-7-13/h6-12H,4-5H2,1-3H3/b18-10-. The maximum atomic E-state index is 12.8. The summed E-state index contributed by atoms with van der Waals surface area (Å²) in [5, 5.41) is 0. The summed E-state index contributed by atoms with van der Waals surface area (Å²) in [6.07, 6.45) is 1.71. The van der Waals surface area contributed by atoms with Crippen LogP contribution in [0, 0.1) is 0 Å². The third kappa shape index (κ3) is 3.45. The second-order valence-electron chi connectivity index (χ2n) is 5.37. The van der Waals surface area contributed by atoms with Gasteiger partial charge in [0.25, 0.3) is 0 Å². The molecule has 0 aromatic heterocycles. The van der Waals surface area contributed by atoms with Crippen LogP contribution in [0.5, 0.6) is 23.0 Å². The lowest BCUT2D eigenvalue weighted by Gasteiger charge is -2.10. The Balaban J connectivity index is 1.96. The third-order valence-corrected chi connectivity index (χ3v) is 3.73. The fraction of sp³-hybridized carbons (Fsp3) is 0.250. The van der Waals surface area contributed by atoms with Gasteiger partial charge in [0.1, 0.15) is 28.6 Å². The van der Waals surface area contributed by atoms with Crippen LogP contribution in [0.3, 0.4) is 0 Å². The monoisotopic (exact) mass is 340 g/mol. The van der Waals surface area contributed by atoms with E-state index in [2.05, 4.69) is 0 Å². The van der Waals surface area contributed by atoms with Crippen LogP contribution in [0.25, 0.3) is 6.08 Å². The van der Waals surface area contributed by atoms with Crippen LogP contribution in [0.1, 0.15) is 29.8 Å². The number of allylic oxidation sites excluding steroid dienone is 1. The highest BCUT2D eigenvalue weighted by atomic mass is 16.5. The zero-order valence-electron chi connectivity index (χ0n) is 14.5. The van der Waals surface area contributed by atoms with Crippen molar-refractivity contribution in [3.05, 3.63) is 53.3 Å². The van der Waals surface area contributed by atoms with E-state index in [0.717, 1.165) is 11.3 Å². The van der Waals surface area contributed by atoms with Crippen molar-refractivity contribution < 1.29 is 23.7 Å². The Morgan fingerprint density at radius 1 is 1.00 bits per heavy atom. The number of fused-ring (bicyclic) bond motifs is 1. The first-order chi connectivity index (χ1) is 12.2. The van der Waals surface area contributed by atoms with Gasteiger partial charge in [-0.05, 0) is 37.6 Å². The van der Waals surface area contributed by atoms with E-state index in [4.69, 9.17) is 18.9 Å². The van der Waals surface area contributed by atoms with E-state index < -0.39 is 0 Å². The average Bonchev–Trinajstić information content (AvgIpc) is 2.92. The van der Waals surface area contributed by atoms with Crippen molar-refractivity contribution >= 4 is 11.9 Å². The molecule has 0 N–H and O–H groups in total. The van der Waals surface area contributed by atoms with Crippen LogP contribution in [0.2, 0.25) is 0 Å². The Morgan fingerprint density at radius 2 is 1.72 bits per heavy atom. The van der Waals surface area contributed by atoms with Crippen LogP contribution < -0.4 is 18.9 Å². The van der Waals surface area contributed by atoms with Crippen LogP contribution in [-0.2, 0) is 0 Å². The highest BCUT2D eigenvalue weighted by molar-refractivity contribution is 6.16. The van der Waals surface area contributed by atoms with E-state index in [1.165, 1.54) is 0 Å². The van der Waals surface area contributed by atoms with Crippen molar-refractivity contribution in [3.63, 3.8) is 0 Å². The minimum Gasteiger partial charge on any atom is -0.497 e. The molecule has 0 saturated heterocycles. The normalized spacial score (nSPS) is 14.2. The number of Topliss-reactive ketones (excluding diaryl/α,β-unsaturated/α-hetero) is 1. The number of benzene rings is 2. The summed E-state index contributed by atoms with van der Waals surface area (Å²) in [4.78, 5) is 12.8. The number of hydrogen-bond acceptors (Lipinski definition) is 5. The van der Waals surface area contributed by atoms with Gasteiger partial charge in [0.05, 0.1) is 20.3 Å². The molecule has 0 radical (unpaired) electrons. The molecule has 0 bridgehead atoms. The molecule has 0 fully saturated rings. The number of carbonyl (C=O) groups is 1. The lowest BCUT2D eigenvalue weighted by atomic mass is 10.1. The Hall–Kier alpha value is -2.95. The van der Waals surface area contributed by atoms with E-state index >= 15 is 0 Å². The van der Waals surface area contributed by atoms with Gasteiger partial charge < -0.3 is 18.9 Å². The number of ketones is 1. The predicted octanol–water partition coefficient (Wildman–Crippen LogP) is 4.11. The zero-order chi connectivity index (χ0) is 17.8. The Morgan fingerprint density at radius 3 is 2.36 bits per heavy atom. The molecule has 25 heavy (non-hydrogen) atoms. The highest BCUT2D eigenvalue weighted by Crippen LogP contribution is 2.41. The summed E-state index contributed by atoms with van der Waals surface area (Å²) in [5.74, 6) is 2.37. The van der Waals surface area contributed by atoms with Crippen molar-refractivity contribution in [1.82, 2.24) is 0 Å². The molecule has 5 nitrogen and oxygen atoms in total. The highest BCUT2D eigenvalue weighted by Gasteiger charge is 2.32. The average molecular weight is 340 g/mol. The molecular formula is C20H20O5. The van der Waals surface area contributed by atoms with Gasteiger partial charge in [0.15, 0.2) is 5.76 Å². The van der Waals surface area contributed by atoms with Gasteiger partial charge in [-0.1, -0.05) is 12.1 Å². The minimum absolute atomic E-state index is 0.197. The summed E-state index contributed by atoms with van der Waals surface area (Å²) < 4.78 is 22.1. The van der Waals surface area contributed by atoms with Crippen molar-refractivity contribution in [1.29, 1.82) is 0 Å². The Labute approximate surface area is 146 Å². The van der Waals surface area contributed by atoms with Gasteiger partial charge in [-0.2, -0.15) is 0 Å². The molecule has 0 unspecified atom stereocenters. The molecule has 2 aromatic carbocycles. The first-order valence-corrected chi connectivity index (χ1v) is 8.18. The van der Waals surface area contributed by atoms with Crippen molar-refractivity contribution in [3.8, 4) is 23.0 Å². The van der Waals surface area contributed by atoms with Crippen LogP contribution >= 0.6 is 0 Å². The molecular weight excluding hydrogens is 320 g/mol. The molecule has 0 atom stereocenters. The fourth-order valence-electron chi connectivity index (χ4n) is 2.62. The van der Waals surface area contributed by atoms with Gasteiger partial charge in [0.2, 0.25) is 5.78 Å². The molecule has 5 heteroatoms. The van der Waals surface area contributed by atoms with Gasteiger partial charge in [-0.3, -0.25) is 4.79 Å². The van der Waals surface area contributed by atoms with Gasteiger partial charge >= 0.3 is 0 Å². The first-order valence-electron chi connectivity index (χ1n) is 8.18. The molecule has 0 saturated carbocycles. The van der Waals surface area contributed by atoms with Gasteiger partial charge in [0, 0.05) is 12.1 Å². The smallest absolute Gasteiger partial charge is 0.235 e. The van der Waals surface area contributed by atoms with Gasteiger partial charge in [-0.25, -0.2) is 0 Å². The molecule has 1 heterocycles. The molecule has 0 aliphatic carbocycles. The lowest BCUT2D eigenvalue weighted by Crippen LogP contribution is -2.02. The summed E-state index contributed by atoms with van der Waals surface area (Å²) in [6.45, 7) is 4.74. The summed E-state index contributed by atoms with van der Waals surface area (Å²) >= 11 is 0. The van der Waals surface area contributed by atoms with E-state index in [9.17, 15) is 4.79 Å². The van der Waals surface area contributed by atoms with Crippen molar-refractivity contribution in [2.75, 3.05) is 20.3 Å². The van der Waals surface area contributed by atoms with E-state index in [0.29, 0.717) is 36.0 Å². The fourth-order valence-corrected chi connectivity index (χ4v) is 2.62. The molecule has 0 amide bonds. The Bertz CT molecular complexity index is 806. The number of hydrogen-bond donors (Lipinski definition) is 0. The molecule has 1 aliphatic rings. The largest absolute Gasteiger partial charge is 0.497 e. The Kier molecular flexibility index (Phi) is 4.93. The SMILES string of the molecule is CCOc1cc(OCC)c2c(c1)O/C(=C\c1ccc(OC)cc1)C2=O. The molecule has 130 valence electrons. The summed E-state index contributed by atoms with van der Waals surface area (Å²) in [5.41, 5.74) is 1.28. The quantitative estimate of drug-likeness (QED) is 0.741. The molecule has 1 aliphatic heterocycles. The van der Waals surface area contributed by atoms with Crippen LogP contribution in [0.4, 0.5) is 0 Å². The van der Waals surface area contributed by atoms with Gasteiger partial charge in [-0.15, -0.1) is 0 Å². The number of ether oxygens (including phenoxy) is 4. The third-order valence-electron chi connectivity index (χ3n) is 3.73. The molecule has 3 rings (SSSR count). The zero-order valence-corrected chi connectivity index (χ0v) is 14.5. The topological polar surface area (TPSA) is 54.0 Å². The van der Waals surface area contributed by atoms with Crippen LogP contribution in [0.15, 0.2) is 42.2 Å². The van der Waals surface area contributed by atoms with E-state index in [1.54, 1.807) is 25.3 Å². The van der Waals surface area contributed by atoms with Crippen molar-refractivity contribution in [2.45, 2.75) is 13.8 Å². The maximum Gasteiger partial charge on any atom is 0.235 e. The number of carbonyl (C=O) groups excluding carboxylic acids is 1. The second kappa shape index (κ2) is 7.30. The van der Waals surface area contributed by atoms with Crippen LogP contribution in [-0.4, -0.2) is 26.1 Å². The lowest BCUT2D eigenvalue weighted by molar-refractivity contribution is 0.101. The van der Waals surface area contributed by atoms with E-state index in [1.807, 2.05) is 38.1 Å². The molecule has 0 spiro atoms. The number of rotatable bonds is 6. The van der Waals surface area contributed by atoms with E-state index in [-0.39, 0.29) is 11.5 Å². The second-order valence-corrected chi connectivity index (χ2v) is 5.37.